The summed E-state index contributed by atoms with van der Waals surface area (Å²) >= 11 is 0. The molecule has 7 nitrogen and oxygen atoms in total. The molecule has 0 aliphatic heterocycles. The Morgan fingerprint density at radius 2 is 1.75 bits per heavy atom. The molecule has 2 aromatic carbocycles. The maximum Gasteiger partial charge on any atom is 0.273 e. The quantitative estimate of drug-likeness (QED) is 0.589. The molecule has 8 heteroatoms. The summed E-state index contributed by atoms with van der Waals surface area (Å²) in [5.41, 5.74) is 0.273. The zero-order valence-electron chi connectivity index (χ0n) is 13.5. The number of non-ortho nitro benzene ring substituents is 1. The van der Waals surface area contributed by atoms with E-state index in [9.17, 15) is 18.5 Å². The second-order valence-corrected chi connectivity index (χ2v) is 7.11. The molecule has 0 amide bonds. The Balaban J connectivity index is 2.62. The zero-order valence-corrected chi connectivity index (χ0v) is 14.4. The van der Waals surface area contributed by atoms with E-state index in [-0.39, 0.29) is 22.4 Å². The molecule has 2 aromatic rings. The first-order chi connectivity index (χ1) is 11.3. The molecule has 0 N–H and O–H groups in total. The van der Waals surface area contributed by atoms with E-state index in [1.54, 1.807) is 44.2 Å². The minimum Gasteiger partial charge on any atom is -0.495 e. The van der Waals surface area contributed by atoms with E-state index in [1.165, 1.54) is 17.5 Å². The molecule has 0 unspecified atom stereocenters. The number of hydrogen-bond donors (Lipinski definition) is 0. The van der Waals surface area contributed by atoms with E-state index >= 15 is 0 Å². The highest BCUT2D eigenvalue weighted by atomic mass is 32.2. The lowest BCUT2D eigenvalue weighted by atomic mass is 10.3. The topological polar surface area (TPSA) is 89.7 Å². The van der Waals surface area contributed by atoms with E-state index in [0.29, 0.717) is 5.69 Å². The number of ether oxygens (including phenoxy) is 1. The number of rotatable bonds is 6. The van der Waals surface area contributed by atoms with Crippen LogP contribution in [-0.2, 0) is 10.0 Å². The number of sulfonamides is 1. The van der Waals surface area contributed by atoms with Gasteiger partial charge in [0.1, 0.15) is 10.6 Å². The summed E-state index contributed by atoms with van der Waals surface area (Å²) in [6, 6.07) is 11.8. The third-order valence-corrected chi connectivity index (χ3v) is 5.42. The third-order valence-electron chi connectivity index (χ3n) is 3.37. The summed E-state index contributed by atoms with van der Waals surface area (Å²) < 4.78 is 32.6. The van der Waals surface area contributed by atoms with Gasteiger partial charge in [-0.15, -0.1) is 0 Å². The van der Waals surface area contributed by atoms with E-state index in [0.717, 1.165) is 12.1 Å². The smallest absolute Gasteiger partial charge is 0.273 e. The molecule has 0 aromatic heterocycles. The zero-order chi connectivity index (χ0) is 17.9. The van der Waals surface area contributed by atoms with Crippen molar-refractivity contribution in [3.63, 3.8) is 0 Å². The predicted octanol–water partition coefficient (Wildman–Crippen LogP) is 3.21. The van der Waals surface area contributed by atoms with Crippen LogP contribution in [0.2, 0.25) is 0 Å². The van der Waals surface area contributed by atoms with Gasteiger partial charge in [0.2, 0.25) is 0 Å². The third kappa shape index (κ3) is 3.33. The molecule has 0 saturated carbocycles. The van der Waals surface area contributed by atoms with Crippen molar-refractivity contribution in [2.24, 2.45) is 0 Å². The molecule has 0 aliphatic rings. The number of nitro groups is 1. The van der Waals surface area contributed by atoms with Crippen LogP contribution in [0.4, 0.5) is 11.4 Å². The highest BCUT2D eigenvalue weighted by molar-refractivity contribution is 7.93. The molecule has 0 saturated heterocycles. The van der Waals surface area contributed by atoms with Crippen LogP contribution in [0, 0.1) is 10.1 Å². The molecule has 0 radical (unpaired) electrons. The van der Waals surface area contributed by atoms with Gasteiger partial charge >= 0.3 is 0 Å². The molecule has 2 rings (SSSR count). The largest absolute Gasteiger partial charge is 0.495 e. The molecule has 0 atom stereocenters. The van der Waals surface area contributed by atoms with Crippen molar-refractivity contribution in [3.8, 4) is 5.75 Å². The number of benzene rings is 2. The predicted molar refractivity (Wildman–Crippen MR) is 90.9 cm³/mol. The summed E-state index contributed by atoms with van der Waals surface area (Å²) in [7, 11) is -2.67. The highest BCUT2D eigenvalue weighted by Gasteiger charge is 2.31. The molecule has 0 spiro atoms. The monoisotopic (exact) mass is 350 g/mol. The van der Waals surface area contributed by atoms with Gasteiger partial charge < -0.3 is 4.74 Å². The summed E-state index contributed by atoms with van der Waals surface area (Å²) in [4.78, 5) is 10.2. The fourth-order valence-electron chi connectivity index (χ4n) is 2.38. The van der Waals surface area contributed by atoms with Crippen LogP contribution in [0.15, 0.2) is 53.4 Å². The summed E-state index contributed by atoms with van der Waals surface area (Å²) in [6.45, 7) is 3.50. The summed E-state index contributed by atoms with van der Waals surface area (Å²) in [5, 5.41) is 10.9. The number of anilines is 1. The number of methoxy groups -OCH3 is 1. The van der Waals surface area contributed by atoms with Gasteiger partial charge in [0.15, 0.2) is 0 Å². The van der Waals surface area contributed by atoms with E-state index in [2.05, 4.69) is 0 Å². The van der Waals surface area contributed by atoms with E-state index in [4.69, 9.17) is 4.74 Å². The molecular formula is C16H18N2O5S. The van der Waals surface area contributed by atoms with Crippen LogP contribution < -0.4 is 9.04 Å². The van der Waals surface area contributed by atoms with Crippen LogP contribution in [0.3, 0.4) is 0 Å². The van der Waals surface area contributed by atoms with Crippen molar-refractivity contribution in [1.29, 1.82) is 0 Å². The number of hydrogen-bond acceptors (Lipinski definition) is 5. The standard InChI is InChI=1S/C16H18N2O5S/c1-12(2)17(13-7-5-4-6-8-13)24(21,22)16-10-9-14(18(19)20)11-15(16)23-3/h4-12H,1-3H3. The van der Waals surface area contributed by atoms with Crippen LogP contribution in [-0.4, -0.2) is 26.5 Å². The van der Waals surface area contributed by atoms with Gasteiger partial charge in [0.05, 0.1) is 23.8 Å². The lowest BCUT2D eigenvalue weighted by Gasteiger charge is -2.28. The lowest BCUT2D eigenvalue weighted by Crippen LogP contribution is -2.37. The molecule has 0 fully saturated rings. The molecule has 24 heavy (non-hydrogen) atoms. The van der Waals surface area contributed by atoms with Crippen LogP contribution in [0.25, 0.3) is 0 Å². The van der Waals surface area contributed by atoms with Crippen molar-refractivity contribution >= 4 is 21.4 Å². The number of para-hydroxylation sites is 1. The second-order valence-electron chi connectivity index (χ2n) is 5.32. The van der Waals surface area contributed by atoms with Crippen LogP contribution in [0.5, 0.6) is 5.75 Å². The van der Waals surface area contributed by atoms with Crippen molar-refractivity contribution < 1.29 is 18.1 Å². The van der Waals surface area contributed by atoms with Gasteiger partial charge in [-0.3, -0.25) is 14.4 Å². The second kappa shape index (κ2) is 6.88. The minimum absolute atomic E-state index is 0.0641. The Kier molecular flexibility index (Phi) is 5.08. The van der Waals surface area contributed by atoms with Gasteiger partial charge in [0.25, 0.3) is 15.7 Å². The first kappa shape index (κ1) is 17.7. The van der Waals surface area contributed by atoms with Gasteiger partial charge in [-0.2, -0.15) is 0 Å². The van der Waals surface area contributed by atoms with Gasteiger partial charge in [-0.05, 0) is 32.0 Å². The Bertz CT molecular complexity index is 835. The van der Waals surface area contributed by atoms with Gasteiger partial charge in [-0.25, -0.2) is 8.42 Å². The van der Waals surface area contributed by atoms with Gasteiger partial charge in [0, 0.05) is 12.1 Å². The van der Waals surface area contributed by atoms with Crippen molar-refractivity contribution in [2.75, 3.05) is 11.4 Å². The van der Waals surface area contributed by atoms with E-state index < -0.39 is 14.9 Å². The molecular weight excluding hydrogens is 332 g/mol. The summed E-state index contributed by atoms with van der Waals surface area (Å²) in [5.74, 6) is -0.0641. The average molecular weight is 350 g/mol. The molecule has 0 bridgehead atoms. The fraction of sp³-hybridized carbons (Fsp3) is 0.250. The average Bonchev–Trinajstić information content (AvgIpc) is 2.54. The van der Waals surface area contributed by atoms with Crippen LogP contribution >= 0.6 is 0 Å². The molecule has 0 heterocycles. The SMILES string of the molecule is COc1cc([N+](=O)[O-])ccc1S(=O)(=O)N(c1ccccc1)C(C)C. The van der Waals surface area contributed by atoms with E-state index in [1.807, 2.05) is 0 Å². The lowest BCUT2D eigenvalue weighted by molar-refractivity contribution is -0.385. The maximum absolute atomic E-state index is 13.1. The Morgan fingerprint density at radius 1 is 1.12 bits per heavy atom. The first-order valence-electron chi connectivity index (χ1n) is 7.21. The minimum atomic E-state index is -3.95. The molecule has 128 valence electrons. The Hall–Kier alpha value is -2.61. The normalized spacial score (nSPS) is 11.3. The Morgan fingerprint density at radius 3 is 2.25 bits per heavy atom. The van der Waals surface area contributed by atoms with Crippen LogP contribution in [0.1, 0.15) is 13.8 Å². The van der Waals surface area contributed by atoms with Gasteiger partial charge in [-0.1, -0.05) is 18.2 Å². The number of nitrogens with zero attached hydrogens (tertiary/aromatic N) is 2. The molecule has 0 aliphatic carbocycles. The maximum atomic E-state index is 13.1. The number of nitro benzene ring substituents is 1. The van der Waals surface area contributed by atoms with Crippen molar-refractivity contribution in [2.45, 2.75) is 24.8 Å². The summed E-state index contributed by atoms with van der Waals surface area (Å²) in [6.07, 6.45) is 0. The first-order valence-corrected chi connectivity index (χ1v) is 8.65. The van der Waals surface area contributed by atoms with Crippen molar-refractivity contribution in [1.82, 2.24) is 0 Å². The van der Waals surface area contributed by atoms with Crippen molar-refractivity contribution in [3.05, 3.63) is 58.6 Å². The fourth-order valence-corrected chi connectivity index (χ4v) is 4.18. The highest BCUT2D eigenvalue weighted by Crippen LogP contribution is 2.33. The Labute approximate surface area is 140 Å².